The van der Waals surface area contributed by atoms with Gasteiger partial charge in [0.15, 0.2) is 0 Å². The van der Waals surface area contributed by atoms with E-state index in [1.165, 1.54) is 23.3 Å². The van der Waals surface area contributed by atoms with E-state index < -0.39 is 11.9 Å². The second kappa shape index (κ2) is 14.6. The minimum absolute atomic E-state index is 0.0646. The Kier molecular flexibility index (Phi) is 12.3. The second-order valence-corrected chi connectivity index (χ2v) is 10.0. The second-order valence-electron chi connectivity index (χ2n) is 10.0. The van der Waals surface area contributed by atoms with E-state index in [9.17, 15) is 14.7 Å². The molecule has 0 atom stereocenters. The highest BCUT2D eigenvalue weighted by Gasteiger charge is 2.19. The van der Waals surface area contributed by atoms with Crippen LogP contribution in [0.2, 0.25) is 0 Å². The van der Waals surface area contributed by atoms with Crippen molar-refractivity contribution >= 4 is 24.4 Å². The van der Waals surface area contributed by atoms with Crippen LogP contribution in [0.1, 0.15) is 65.2 Å². The average Bonchev–Trinajstić information content (AvgIpc) is 2.83. The number of rotatable bonds is 9. The fraction of sp³-hybridized carbons (Fsp3) is 0.323. The van der Waals surface area contributed by atoms with Gasteiger partial charge in [0, 0.05) is 23.0 Å². The number of aliphatic carboxylic acids is 1. The van der Waals surface area contributed by atoms with Gasteiger partial charge in [-0.3, -0.25) is 4.79 Å². The lowest BCUT2D eigenvalue weighted by atomic mass is 9.86. The van der Waals surface area contributed by atoms with Gasteiger partial charge in [-0.05, 0) is 80.5 Å². The number of anilines is 1. The molecule has 0 heterocycles. The zero-order valence-electron chi connectivity index (χ0n) is 23.0. The number of hydrogen-bond acceptors (Lipinski definition) is 4. The molecule has 1 amide bonds. The Bertz CT molecular complexity index is 1130. The van der Waals surface area contributed by atoms with Crippen molar-refractivity contribution in [3.05, 3.63) is 100 Å². The predicted octanol–water partition coefficient (Wildman–Crippen LogP) is 6.19. The van der Waals surface area contributed by atoms with Crippen LogP contribution < -0.4 is 10.6 Å². The largest absolute Gasteiger partial charge is 0.478 e. The number of carboxylic acid groups (broad SMARTS) is 1. The van der Waals surface area contributed by atoms with E-state index in [2.05, 4.69) is 55.7 Å². The number of allylic oxidation sites excluding steroid dienone is 4. The predicted molar refractivity (Wildman–Crippen MR) is 152 cm³/mol. The number of carboxylic acids is 1. The molecule has 37 heavy (non-hydrogen) atoms. The molecule has 0 bridgehead atoms. The van der Waals surface area contributed by atoms with Gasteiger partial charge in [0.05, 0.1) is 5.57 Å². The lowest BCUT2D eigenvalue weighted by molar-refractivity contribution is -0.132. The molecule has 3 N–H and O–H groups in total. The number of carbonyl (C=O) groups excluding carboxylic acids is 2. The van der Waals surface area contributed by atoms with Gasteiger partial charge in [0.1, 0.15) is 6.79 Å². The molecule has 2 aromatic rings. The molecule has 0 aliphatic carbocycles. The summed E-state index contributed by atoms with van der Waals surface area (Å²) in [6.07, 6.45) is 5.43. The van der Waals surface area contributed by atoms with E-state index >= 15 is 0 Å². The van der Waals surface area contributed by atoms with E-state index in [0.29, 0.717) is 5.69 Å². The molecule has 0 spiro atoms. The van der Waals surface area contributed by atoms with Crippen molar-refractivity contribution in [3.63, 3.8) is 0 Å². The molecular weight excluding hydrogens is 464 g/mol. The molecule has 0 aliphatic rings. The van der Waals surface area contributed by atoms with Crippen molar-refractivity contribution in [2.45, 2.75) is 66.3 Å². The normalized spacial score (nSPS) is 12.5. The van der Waals surface area contributed by atoms with Gasteiger partial charge in [0.25, 0.3) is 5.91 Å². The first-order chi connectivity index (χ1) is 17.4. The minimum Gasteiger partial charge on any atom is -0.478 e. The van der Waals surface area contributed by atoms with Crippen molar-refractivity contribution in [1.82, 2.24) is 5.32 Å². The zero-order valence-corrected chi connectivity index (χ0v) is 23.0. The topological polar surface area (TPSA) is 95.5 Å². The van der Waals surface area contributed by atoms with Crippen LogP contribution >= 0.6 is 0 Å². The highest BCUT2D eigenvalue weighted by atomic mass is 16.4. The smallest absolute Gasteiger partial charge is 0.336 e. The van der Waals surface area contributed by atoms with Gasteiger partial charge in [-0.15, -0.1) is 0 Å². The molecule has 0 fully saturated rings. The van der Waals surface area contributed by atoms with Crippen molar-refractivity contribution in [2.75, 3.05) is 5.32 Å². The summed E-state index contributed by atoms with van der Waals surface area (Å²) in [4.78, 5) is 32.7. The quantitative estimate of drug-likeness (QED) is 0.280. The van der Waals surface area contributed by atoms with Gasteiger partial charge in [0.2, 0.25) is 0 Å². The fourth-order valence-corrected chi connectivity index (χ4v) is 3.66. The Morgan fingerprint density at radius 2 is 1.43 bits per heavy atom. The van der Waals surface area contributed by atoms with Gasteiger partial charge in [-0.25, -0.2) is 4.79 Å². The van der Waals surface area contributed by atoms with Crippen LogP contribution in [-0.4, -0.2) is 29.8 Å². The van der Waals surface area contributed by atoms with Crippen LogP contribution in [0.3, 0.4) is 0 Å². The molecule has 6 nitrogen and oxygen atoms in total. The van der Waals surface area contributed by atoms with Crippen LogP contribution in [0.4, 0.5) is 5.69 Å². The van der Waals surface area contributed by atoms with E-state index in [1.807, 2.05) is 51.8 Å². The van der Waals surface area contributed by atoms with Crippen molar-refractivity contribution in [1.29, 1.82) is 0 Å². The Labute approximate surface area is 221 Å². The lowest BCUT2D eigenvalue weighted by Crippen LogP contribution is -2.20. The number of benzene rings is 2. The van der Waals surface area contributed by atoms with Gasteiger partial charge in [-0.1, -0.05) is 63.2 Å². The number of nitrogens with one attached hydrogen (secondary N) is 2. The SMILES string of the molecule is C=O.C\C=C(C(=O)Nc1ccc(Cc2ccc(C(C)(C)C)cc2)cc1)/C(=C\C=C(/C)NC(C)C)C(=O)O. The number of hydrogen-bond donors (Lipinski definition) is 3. The molecule has 6 heteroatoms. The molecular formula is C31H40N2O4. The molecule has 198 valence electrons. The van der Waals surface area contributed by atoms with E-state index in [4.69, 9.17) is 4.79 Å². The third-order valence-corrected chi connectivity index (χ3v) is 5.51. The average molecular weight is 505 g/mol. The van der Waals surface area contributed by atoms with Gasteiger partial charge >= 0.3 is 5.97 Å². The molecule has 0 saturated heterocycles. The van der Waals surface area contributed by atoms with Crippen LogP contribution in [0.15, 0.2) is 83.6 Å². The van der Waals surface area contributed by atoms with E-state index in [-0.39, 0.29) is 22.6 Å². The highest BCUT2D eigenvalue weighted by molar-refractivity contribution is 6.13. The van der Waals surface area contributed by atoms with E-state index in [1.54, 1.807) is 13.0 Å². The molecule has 0 unspecified atom stereocenters. The van der Waals surface area contributed by atoms with Gasteiger partial charge in [-0.2, -0.15) is 0 Å². The molecule has 0 aliphatic heterocycles. The number of carbonyl (C=O) groups is 3. The summed E-state index contributed by atoms with van der Waals surface area (Å²) < 4.78 is 0. The van der Waals surface area contributed by atoms with Crippen LogP contribution in [0.25, 0.3) is 0 Å². The lowest BCUT2D eigenvalue weighted by Gasteiger charge is -2.19. The molecule has 2 rings (SSSR count). The van der Waals surface area contributed by atoms with E-state index in [0.717, 1.165) is 17.7 Å². The first-order valence-corrected chi connectivity index (χ1v) is 12.2. The summed E-state index contributed by atoms with van der Waals surface area (Å²) in [6, 6.07) is 16.5. The Balaban J connectivity index is 0.00000334. The standard InChI is InChI=1S/C30H38N2O3.CH2O/c1-8-26(27(29(34)35)18-9-21(4)31-20(2)3)28(33)32-25-16-12-23(13-17-25)19-22-10-14-24(15-11-22)30(5,6)7;1-2/h8-18,20,31H,19H2,1-7H3,(H,32,33)(H,34,35);1H2/b21-9+,26-8+,27-18+;. The number of amides is 1. The summed E-state index contributed by atoms with van der Waals surface area (Å²) in [5, 5.41) is 15.7. The third kappa shape index (κ3) is 10.3. The summed E-state index contributed by atoms with van der Waals surface area (Å²) in [6.45, 7) is 16.1. The van der Waals surface area contributed by atoms with Crippen molar-refractivity contribution in [2.24, 2.45) is 0 Å². The van der Waals surface area contributed by atoms with Crippen molar-refractivity contribution in [3.8, 4) is 0 Å². The summed E-state index contributed by atoms with van der Waals surface area (Å²) >= 11 is 0. The van der Waals surface area contributed by atoms with Crippen molar-refractivity contribution < 1.29 is 19.5 Å². The zero-order chi connectivity index (χ0) is 28.2. The molecule has 0 radical (unpaired) electrons. The highest BCUT2D eigenvalue weighted by Crippen LogP contribution is 2.23. The Hall–Kier alpha value is -3.93. The van der Waals surface area contributed by atoms with Gasteiger partial charge < -0.3 is 20.5 Å². The van der Waals surface area contributed by atoms with Crippen LogP contribution in [0, 0.1) is 0 Å². The monoisotopic (exact) mass is 504 g/mol. The summed E-state index contributed by atoms with van der Waals surface area (Å²) in [5.74, 6) is -1.62. The molecule has 2 aromatic carbocycles. The minimum atomic E-state index is -1.16. The maximum atomic E-state index is 12.9. The molecule has 0 saturated carbocycles. The first-order valence-electron chi connectivity index (χ1n) is 12.2. The summed E-state index contributed by atoms with van der Waals surface area (Å²) in [7, 11) is 0. The Morgan fingerprint density at radius 1 is 0.919 bits per heavy atom. The third-order valence-electron chi connectivity index (χ3n) is 5.51. The Morgan fingerprint density at radius 3 is 1.86 bits per heavy atom. The summed E-state index contributed by atoms with van der Waals surface area (Å²) in [5.41, 5.74) is 5.24. The van der Waals surface area contributed by atoms with Crippen LogP contribution in [0.5, 0.6) is 0 Å². The van der Waals surface area contributed by atoms with Crippen LogP contribution in [-0.2, 0) is 26.2 Å². The maximum Gasteiger partial charge on any atom is 0.336 e. The molecule has 0 aromatic heterocycles. The maximum absolute atomic E-state index is 12.9. The first kappa shape index (κ1) is 31.1. The fourth-order valence-electron chi connectivity index (χ4n) is 3.66.